The first-order chi connectivity index (χ1) is 8.67. The average Bonchev–Trinajstić information content (AvgIpc) is 2.33. The molecule has 0 fully saturated rings. The van der Waals surface area contributed by atoms with Crippen LogP contribution in [0.4, 0.5) is 0 Å². The maximum atomic E-state index is 12.1. The van der Waals surface area contributed by atoms with Crippen LogP contribution in [0.2, 0.25) is 0 Å². The molecule has 2 atom stereocenters. The van der Waals surface area contributed by atoms with Crippen molar-refractivity contribution < 1.29 is 9.32 Å². The molecule has 3 nitrogen and oxygen atoms in total. The van der Waals surface area contributed by atoms with Crippen LogP contribution in [0, 0.1) is 6.92 Å². The predicted octanol–water partition coefficient (Wildman–Crippen LogP) is 1.60. The SMILES string of the molecule is CCNC(CCO)CS(=O)Cc1ccccc1C. The molecule has 2 unspecified atom stereocenters. The molecule has 0 saturated heterocycles. The highest BCUT2D eigenvalue weighted by Gasteiger charge is 2.12. The molecule has 0 spiro atoms. The van der Waals surface area contributed by atoms with Gasteiger partial charge in [-0.05, 0) is 31.0 Å². The van der Waals surface area contributed by atoms with Crippen molar-refractivity contribution in [3.8, 4) is 0 Å². The molecule has 4 heteroatoms. The van der Waals surface area contributed by atoms with E-state index in [2.05, 4.69) is 5.32 Å². The summed E-state index contributed by atoms with van der Waals surface area (Å²) in [6.45, 7) is 5.04. The largest absolute Gasteiger partial charge is 0.396 e. The van der Waals surface area contributed by atoms with Gasteiger partial charge in [0.05, 0.1) is 0 Å². The quantitative estimate of drug-likeness (QED) is 0.754. The average molecular weight is 269 g/mol. The van der Waals surface area contributed by atoms with E-state index in [0.717, 1.165) is 12.1 Å². The van der Waals surface area contributed by atoms with Gasteiger partial charge in [0, 0.05) is 35.0 Å². The second-order valence-corrected chi connectivity index (χ2v) is 5.95. The van der Waals surface area contributed by atoms with E-state index >= 15 is 0 Å². The van der Waals surface area contributed by atoms with E-state index in [0.29, 0.717) is 17.9 Å². The summed E-state index contributed by atoms with van der Waals surface area (Å²) in [6.07, 6.45) is 0.660. The molecule has 0 aliphatic carbocycles. The highest BCUT2D eigenvalue weighted by atomic mass is 32.2. The van der Waals surface area contributed by atoms with Gasteiger partial charge >= 0.3 is 0 Å². The Bertz CT molecular complexity index is 376. The Morgan fingerprint density at radius 2 is 2.11 bits per heavy atom. The van der Waals surface area contributed by atoms with E-state index < -0.39 is 10.8 Å². The molecular formula is C14H23NO2S. The van der Waals surface area contributed by atoms with Crippen LogP contribution in [0.5, 0.6) is 0 Å². The molecule has 0 aliphatic heterocycles. The molecule has 0 radical (unpaired) electrons. The van der Waals surface area contributed by atoms with Gasteiger partial charge in [-0.3, -0.25) is 4.21 Å². The summed E-state index contributed by atoms with van der Waals surface area (Å²) in [5, 5.41) is 12.2. The van der Waals surface area contributed by atoms with Crippen LogP contribution < -0.4 is 5.32 Å². The van der Waals surface area contributed by atoms with Crippen LogP contribution in [-0.2, 0) is 16.6 Å². The van der Waals surface area contributed by atoms with Crippen molar-refractivity contribution in [2.45, 2.75) is 32.1 Å². The Labute approximate surface area is 112 Å². The van der Waals surface area contributed by atoms with Gasteiger partial charge in [-0.2, -0.15) is 0 Å². The Balaban J connectivity index is 2.52. The normalized spacial score (nSPS) is 14.4. The van der Waals surface area contributed by atoms with Gasteiger partial charge in [0.15, 0.2) is 0 Å². The fraction of sp³-hybridized carbons (Fsp3) is 0.571. The molecule has 0 aliphatic rings. The van der Waals surface area contributed by atoms with Crippen LogP contribution in [0.25, 0.3) is 0 Å². The molecule has 2 N–H and O–H groups in total. The van der Waals surface area contributed by atoms with Gasteiger partial charge in [-0.1, -0.05) is 31.2 Å². The van der Waals surface area contributed by atoms with Gasteiger partial charge in [0.2, 0.25) is 0 Å². The highest BCUT2D eigenvalue weighted by molar-refractivity contribution is 7.84. The lowest BCUT2D eigenvalue weighted by molar-refractivity contribution is 0.270. The number of aryl methyl sites for hydroxylation is 1. The topological polar surface area (TPSA) is 49.3 Å². The molecule has 0 heterocycles. The summed E-state index contributed by atoms with van der Waals surface area (Å²) in [7, 11) is -0.888. The first-order valence-electron chi connectivity index (χ1n) is 6.41. The van der Waals surface area contributed by atoms with Crippen LogP contribution in [-0.4, -0.2) is 34.3 Å². The summed E-state index contributed by atoms with van der Waals surface area (Å²) in [6, 6.07) is 8.19. The third-order valence-corrected chi connectivity index (χ3v) is 4.34. The minimum absolute atomic E-state index is 0.138. The zero-order chi connectivity index (χ0) is 13.4. The maximum absolute atomic E-state index is 12.1. The molecule has 0 aromatic heterocycles. The number of nitrogens with one attached hydrogen (secondary N) is 1. The molecule has 102 valence electrons. The smallest absolute Gasteiger partial charge is 0.0488 e. The highest BCUT2D eigenvalue weighted by Crippen LogP contribution is 2.10. The summed E-state index contributed by atoms with van der Waals surface area (Å²) in [5.41, 5.74) is 2.34. The number of hydrogen-bond acceptors (Lipinski definition) is 3. The second-order valence-electron chi connectivity index (χ2n) is 4.44. The van der Waals surface area contributed by atoms with Crippen LogP contribution >= 0.6 is 0 Å². The van der Waals surface area contributed by atoms with Gasteiger partial charge in [0.1, 0.15) is 0 Å². The molecular weight excluding hydrogens is 246 g/mol. The molecule has 1 aromatic carbocycles. The van der Waals surface area contributed by atoms with Gasteiger partial charge in [-0.25, -0.2) is 0 Å². The van der Waals surface area contributed by atoms with Crippen molar-refractivity contribution in [3.63, 3.8) is 0 Å². The van der Waals surface area contributed by atoms with Crippen molar-refractivity contribution >= 4 is 10.8 Å². The maximum Gasteiger partial charge on any atom is 0.0488 e. The van der Waals surface area contributed by atoms with E-state index in [4.69, 9.17) is 5.11 Å². The molecule has 1 rings (SSSR count). The Morgan fingerprint density at radius 1 is 1.39 bits per heavy atom. The summed E-state index contributed by atoms with van der Waals surface area (Å²) < 4.78 is 12.1. The van der Waals surface area contributed by atoms with Crippen molar-refractivity contribution in [1.82, 2.24) is 5.32 Å². The molecule has 18 heavy (non-hydrogen) atoms. The third-order valence-electron chi connectivity index (χ3n) is 2.94. The third kappa shape index (κ3) is 5.29. The predicted molar refractivity (Wildman–Crippen MR) is 77.1 cm³/mol. The summed E-state index contributed by atoms with van der Waals surface area (Å²) in [5.74, 6) is 1.20. The monoisotopic (exact) mass is 269 g/mol. The Morgan fingerprint density at radius 3 is 2.72 bits per heavy atom. The van der Waals surface area contributed by atoms with Crippen LogP contribution in [0.15, 0.2) is 24.3 Å². The minimum Gasteiger partial charge on any atom is -0.396 e. The second kappa shape index (κ2) is 8.40. The van der Waals surface area contributed by atoms with Gasteiger partial charge < -0.3 is 10.4 Å². The Kier molecular flexibility index (Phi) is 7.16. The summed E-state index contributed by atoms with van der Waals surface area (Å²) in [4.78, 5) is 0. The zero-order valence-corrected chi connectivity index (χ0v) is 12.0. The van der Waals surface area contributed by atoms with E-state index in [1.165, 1.54) is 5.56 Å². The van der Waals surface area contributed by atoms with Crippen LogP contribution in [0.1, 0.15) is 24.5 Å². The molecule has 1 aromatic rings. The molecule has 0 bridgehead atoms. The van der Waals surface area contributed by atoms with Crippen molar-refractivity contribution in [2.24, 2.45) is 0 Å². The first-order valence-corrected chi connectivity index (χ1v) is 7.90. The fourth-order valence-electron chi connectivity index (χ4n) is 1.92. The number of benzene rings is 1. The minimum atomic E-state index is -0.888. The lowest BCUT2D eigenvalue weighted by Gasteiger charge is -2.16. The molecule has 0 saturated carbocycles. The van der Waals surface area contributed by atoms with E-state index in [1.807, 2.05) is 38.1 Å². The van der Waals surface area contributed by atoms with E-state index in [9.17, 15) is 4.21 Å². The van der Waals surface area contributed by atoms with Crippen molar-refractivity contribution in [2.75, 3.05) is 18.9 Å². The van der Waals surface area contributed by atoms with Gasteiger partial charge in [0.25, 0.3) is 0 Å². The standard InChI is InChI=1S/C14H23NO2S/c1-3-15-14(8-9-16)11-18(17)10-13-7-5-4-6-12(13)2/h4-7,14-16H,3,8-11H2,1-2H3. The number of rotatable bonds is 8. The van der Waals surface area contributed by atoms with Crippen molar-refractivity contribution in [3.05, 3.63) is 35.4 Å². The number of hydrogen-bond donors (Lipinski definition) is 2. The number of aliphatic hydroxyl groups is 1. The summed E-state index contributed by atoms with van der Waals surface area (Å²) >= 11 is 0. The zero-order valence-electron chi connectivity index (χ0n) is 11.2. The van der Waals surface area contributed by atoms with E-state index in [1.54, 1.807) is 0 Å². The van der Waals surface area contributed by atoms with Gasteiger partial charge in [-0.15, -0.1) is 0 Å². The number of aliphatic hydroxyl groups excluding tert-OH is 1. The Hall–Kier alpha value is -0.710. The lowest BCUT2D eigenvalue weighted by Crippen LogP contribution is -2.35. The fourth-order valence-corrected chi connectivity index (χ4v) is 3.44. The molecule has 0 amide bonds. The lowest BCUT2D eigenvalue weighted by atomic mass is 10.1. The van der Waals surface area contributed by atoms with Crippen LogP contribution in [0.3, 0.4) is 0 Å². The van der Waals surface area contributed by atoms with Crippen molar-refractivity contribution in [1.29, 1.82) is 0 Å². The van der Waals surface area contributed by atoms with E-state index in [-0.39, 0.29) is 12.6 Å². The first kappa shape index (κ1) is 15.3.